The average molecular weight is 302 g/mol. The fraction of sp³-hybridized carbons (Fsp3) is 0.312. The molecule has 1 amide bonds. The van der Waals surface area contributed by atoms with Crippen molar-refractivity contribution in [3.05, 3.63) is 46.4 Å². The van der Waals surface area contributed by atoms with E-state index in [-0.39, 0.29) is 5.91 Å². The lowest BCUT2D eigenvalue weighted by atomic mass is 9.99. The largest absolute Gasteiger partial charge is 0.338 e. The maximum atomic E-state index is 11.6. The summed E-state index contributed by atoms with van der Waals surface area (Å²) in [7, 11) is 0. The number of fused-ring (bicyclic) bond motifs is 1. The zero-order chi connectivity index (χ0) is 15.0. The van der Waals surface area contributed by atoms with E-state index in [2.05, 4.69) is 9.97 Å². The summed E-state index contributed by atoms with van der Waals surface area (Å²) in [6.07, 6.45) is 0.777. The first-order valence-corrected chi connectivity index (χ1v) is 7.30. The highest BCUT2D eigenvalue weighted by molar-refractivity contribution is 6.30. The molecule has 1 aliphatic heterocycles. The van der Waals surface area contributed by atoms with Crippen molar-refractivity contribution < 1.29 is 4.79 Å². The molecule has 0 atom stereocenters. The molecule has 0 N–H and O–H groups in total. The normalized spacial score (nSPS) is 14.0. The Labute approximate surface area is 128 Å². The predicted molar refractivity (Wildman–Crippen MR) is 82.0 cm³/mol. The minimum atomic E-state index is 0.0864. The second kappa shape index (κ2) is 5.45. The highest BCUT2D eigenvalue weighted by Crippen LogP contribution is 2.29. The molecule has 1 aromatic carbocycles. The molecule has 0 bridgehead atoms. The number of hydrogen-bond acceptors (Lipinski definition) is 3. The van der Waals surface area contributed by atoms with Crippen LogP contribution in [-0.2, 0) is 17.8 Å². The molecule has 5 heteroatoms. The quantitative estimate of drug-likeness (QED) is 0.813. The molecule has 0 unspecified atom stereocenters. The molecule has 1 aromatic heterocycles. The van der Waals surface area contributed by atoms with E-state index in [4.69, 9.17) is 11.6 Å². The van der Waals surface area contributed by atoms with Gasteiger partial charge in [0.2, 0.25) is 5.91 Å². The second-order valence-electron chi connectivity index (χ2n) is 5.24. The Kier molecular flexibility index (Phi) is 3.64. The Morgan fingerprint density at radius 2 is 1.95 bits per heavy atom. The van der Waals surface area contributed by atoms with Crippen LogP contribution in [0.4, 0.5) is 0 Å². The van der Waals surface area contributed by atoms with Gasteiger partial charge in [0.15, 0.2) is 0 Å². The van der Waals surface area contributed by atoms with Gasteiger partial charge in [0.25, 0.3) is 0 Å². The Morgan fingerprint density at radius 3 is 2.62 bits per heavy atom. The molecule has 4 nitrogen and oxygen atoms in total. The van der Waals surface area contributed by atoms with Gasteiger partial charge in [-0.1, -0.05) is 23.7 Å². The minimum absolute atomic E-state index is 0.0864. The molecular weight excluding hydrogens is 286 g/mol. The Hall–Kier alpha value is -1.94. The van der Waals surface area contributed by atoms with E-state index in [0.29, 0.717) is 11.6 Å². The van der Waals surface area contributed by atoms with Crippen LogP contribution in [0.3, 0.4) is 0 Å². The van der Waals surface area contributed by atoms with Crippen molar-refractivity contribution >= 4 is 17.5 Å². The molecule has 3 rings (SSSR count). The molecule has 21 heavy (non-hydrogen) atoms. The monoisotopic (exact) mass is 301 g/mol. The van der Waals surface area contributed by atoms with E-state index in [1.165, 1.54) is 0 Å². The first-order chi connectivity index (χ1) is 10.0. The Morgan fingerprint density at radius 1 is 1.24 bits per heavy atom. The van der Waals surface area contributed by atoms with Gasteiger partial charge in [-0.25, -0.2) is 9.97 Å². The minimum Gasteiger partial charge on any atom is -0.338 e. The summed E-state index contributed by atoms with van der Waals surface area (Å²) in [5.74, 6) is 0.846. The zero-order valence-corrected chi connectivity index (χ0v) is 12.8. The third-order valence-corrected chi connectivity index (χ3v) is 3.99. The standard InChI is InChI=1S/C16H16ClN3O/c1-10-18-15-7-8-20(11(2)21)9-14(15)16(19-10)12-3-5-13(17)6-4-12/h3-6H,7-9H2,1-2H3. The van der Waals surface area contributed by atoms with Crippen molar-refractivity contribution in [1.29, 1.82) is 0 Å². The van der Waals surface area contributed by atoms with Crippen LogP contribution in [-0.4, -0.2) is 27.3 Å². The molecule has 108 valence electrons. The topological polar surface area (TPSA) is 46.1 Å². The molecule has 0 radical (unpaired) electrons. The van der Waals surface area contributed by atoms with Crippen LogP contribution in [0, 0.1) is 6.92 Å². The summed E-state index contributed by atoms with van der Waals surface area (Å²) in [5, 5.41) is 0.698. The number of aromatic nitrogens is 2. The van der Waals surface area contributed by atoms with Crippen molar-refractivity contribution in [1.82, 2.24) is 14.9 Å². The highest BCUT2D eigenvalue weighted by Gasteiger charge is 2.23. The van der Waals surface area contributed by atoms with Gasteiger partial charge in [-0.05, 0) is 19.1 Å². The molecule has 0 aliphatic carbocycles. The number of rotatable bonds is 1. The fourth-order valence-corrected chi connectivity index (χ4v) is 2.78. The van der Waals surface area contributed by atoms with Gasteiger partial charge in [-0.2, -0.15) is 0 Å². The summed E-state index contributed by atoms with van der Waals surface area (Å²) in [5.41, 5.74) is 4.00. The highest BCUT2D eigenvalue weighted by atomic mass is 35.5. The lowest BCUT2D eigenvalue weighted by molar-refractivity contribution is -0.129. The number of benzene rings is 1. The van der Waals surface area contributed by atoms with Gasteiger partial charge >= 0.3 is 0 Å². The van der Waals surface area contributed by atoms with Crippen LogP contribution in [0.15, 0.2) is 24.3 Å². The Balaban J connectivity index is 2.10. The Bertz CT molecular complexity index is 697. The lowest BCUT2D eigenvalue weighted by Gasteiger charge is -2.28. The number of aryl methyl sites for hydroxylation is 1. The van der Waals surface area contributed by atoms with Crippen molar-refractivity contribution in [3.8, 4) is 11.3 Å². The third kappa shape index (κ3) is 2.76. The maximum absolute atomic E-state index is 11.6. The van der Waals surface area contributed by atoms with Crippen LogP contribution < -0.4 is 0 Å². The first kappa shape index (κ1) is 14.0. The molecular formula is C16H16ClN3O. The van der Waals surface area contributed by atoms with Crippen LogP contribution in [0.25, 0.3) is 11.3 Å². The summed E-state index contributed by atoms with van der Waals surface area (Å²) < 4.78 is 0. The summed E-state index contributed by atoms with van der Waals surface area (Å²) in [6.45, 7) is 4.79. The lowest BCUT2D eigenvalue weighted by Crippen LogP contribution is -2.35. The van der Waals surface area contributed by atoms with Crippen LogP contribution in [0.1, 0.15) is 24.0 Å². The SMILES string of the molecule is CC(=O)N1CCc2nc(C)nc(-c3ccc(Cl)cc3)c2C1. The third-order valence-electron chi connectivity index (χ3n) is 3.74. The van der Waals surface area contributed by atoms with Crippen molar-refractivity contribution in [2.45, 2.75) is 26.8 Å². The molecule has 0 saturated carbocycles. The molecule has 2 heterocycles. The van der Waals surface area contributed by atoms with Crippen LogP contribution in [0.2, 0.25) is 5.02 Å². The van der Waals surface area contributed by atoms with E-state index < -0.39 is 0 Å². The molecule has 1 aliphatic rings. The fourth-order valence-electron chi connectivity index (χ4n) is 2.65. The van der Waals surface area contributed by atoms with Gasteiger partial charge in [0, 0.05) is 42.6 Å². The zero-order valence-electron chi connectivity index (χ0n) is 12.1. The van der Waals surface area contributed by atoms with Gasteiger partial charge in [0.05, 0.1) is 11.4 Å². The first-order valence-electron chi connectivity index (χ1n) is 6.92. The maximum Gasteiger partial charge on any atom is 0.219 e. The summed E-state index contributed by atoms with van der Waals surface area (Å²) in [6, 6.07) is 7.62. The van der Waals surface area contributed by atoms with E-state index in [1.54, 1.807) is 6.92 Å². The average Bonchev–Trinajstić information content (AvgIpc) is 2.46. The number of amides is 1. The molecule has 0 saturated heterocycles. The van der Waals surface area contributed by atoms with Gasteiger partial charge in [0.1, 0.15) is 5.82 Å². The number of carbonyl (C=O) groups excluding carboxylic acids is 1. The molecule has 0 spiro atoms. The number of halogens is 1. The second-order valence-corrected chi connectivity index (χ2v) is 5.68. The number of nitrogens with zero attached hydrogens (tertiary/aromatic N) is 3. The van der Waals surface area contributed by atoms with E-state index >= 15 is 0 Å². The van der Waals surface area contributed by atoms with Crippen molar-refractivity contribution in [3.63, 3.8) is 0 Å². The summed E-state index contributed by atoms with van der Waals surface area (Å²) in [4.78, 5) is 22.6. The van der Waals surface area contributed by atoms with E-state index in [1.807, 2.05) is 36.1 Å². The van der Waals surface area contributed by atoms with E-state index in [9.17, 15) is 4.79 Å². The molecule has 0 fully saturated rings. The van der Waals surface area contributed by atoms with E-state index in [0.717, 1.165) is 41.3 Å². The van der Waals surface area contributed by atoms with Crippen molar-refractivity contribution in [2.24, 2.45) is 0 Å². The van der Waals surface area contributed by atoms with Crippen LogP contribution >= 0.6 is 11.6 Å². The smallest absolute Gasteiger partial charge is 0.219 e. The molecule has 2 aromatic rings. The van der Waals surface area contributed by atoms with Crippen molar-refractivity contribution in [2.75, 3.05) is 6.54 Å². The van der Waals surface area contributed by atoms with Crippen LogP contribution in [0.5, 0.6) is 0 Å². The van der Waals surface area contributed by atoms with Gasteiger partial charge in [-0.15, -0.1) is 0 Å². The number of carbonyl (C=O) groups is 1. The van der Waals surface area contributed by atoms with Gasteiger partial charge < -0.3 is 4.90 Å². The summed E-state index contributed by atoms with van der Waals surface area (Å²) >= 11 is 5.95. The van der Waals surface area contributed by atoms with Gasteiger partial charge in [-0.3, -0.25) is 4.79 Å². The number of hydrogen-bond donors (Lipinski definition) is 0. The predicted octanol–water partition coefficient (Wildman–Crippen LogP) is 3.01.